The molecular weight excluding hydrogens is 278 g/mol. The number of ether oxygens (including phenoxy) is 2. The summed E-state index contributed by atoms with van der Waals surface area (Å²) in [4.78, 5) is 14.4. The van der Waals surface area contributed by atoms with Crippen LogP contribution in [-0.4, -0.2) is 44.5 Å². The van der Waals surface area contributed by atoms with Gasteiger partial charge in [-0.15, -0.1) is 0 Å². The predicted octanol–water partition coefficient (Wildman–Crippen LogP) is 2.42. The topological polar surface area (TPSA) is 38.8 Å². The normalized spacial score (nSPS) is 31.2. The van der Waals surface area contributed by atoms with Gasteiger partial charge in [0.15, 0.2) is 17.3 Å². The molecule has 0 bridgehead atoms. The van der Waals surface area contributed by atoms with Crippen molar-refractivity contribution in [1.82, 2.24) is 4.90 Å². The van der Waals surface area contributed by atoms with E-state index in [1.807, 2.05) is 13.0 Å². The molecule has 2 aliphatic rings. The Kier molecular flexibility index (Phi) is 3.73. The lowest BCUT2D eigenvalue weighted by Crippen LogP contribution is -2.49. The number of hydrogen-bond donors (Lipinski definition) is 0. The Morgan fingerprint density at radius 1 is 1.23 bits per heavy atom. The lowest BCUT2D eigenvalue weighted by molar-refractivity contribution is -0.120. The van der Waals surface area contributed by atoms with Crippen molar-refractivity contribution in [2.75, 3.05) is 27.8 Å². The predicted molar refractivity (Wildman–Crippen MR) is 85.6 cm³/mol. The smallest absolute Gasteiger partial charge is 0.161 e. The summed E-state index contributed by atoms with van der Waals surface area (Å²) in [6.07, 6.45) is 4.87. The Hall–Kier alpha value is -1.81. The number of nitrogens with zero attached hydrogens (tertiary/aromatic N) is 1. The van der Waals surface area contributed by atoms with E-state index in [0.29, 0.717) is 0 Å². The fraction of sp³-hybridized carbons (Fsp3) is 0.500. The van der Waals surface area contributed by atoms with E-state index < -0.39 is 0 Å². The van der Waals surface area contributed by atoms with Crippen LogP contribution in [0.15, 0.2) is 30.4 Å². The molecule has 0 N–H and O–H groups in total. The van der Waals surface area contributed by atoms with Crippen LogP contribution in [0.5, 0.6) is 11.5 Å². The van der Waals surface area contributed by atoms with E-state index in [1.165, 1.54) is 5.56 Å². The second-order valence-corrected chi connectivity index (χ2v) is 6.31. The summed E-state index contributed by atoms with van der Waals surface area (Å²) in [5.74, 6) is 1.69. The highest BCUT2D eigenvalue weighted by Gasteiger charge is 2.51. The number of likely N-dealkylation sites (N-methyl/N-ethyl adjacent to an activating group) is 1. The molecule has 0 spiro atoms. The molecular formula is C18H23NO3. The molecule has 0 aromatic heterocycles. The van der Waals surface area contributed by atoms with Gasteiger partial charge in [0.2, 0.25) is 0 Å². The van der Waals surface area contributed by atoms with Crippen LogP contribution in [0.4, 0.5) is 0 Å². The number of fused-ring (bicyclic) bond motifs is 1. The summed E-state index contributed by atoms with van der Waals surface area (Å²) in [6, 6.07) is 6.30. The van der Waals surface area contributed by atoms with Crippen LogP contribution in [0.1, 0.15) is 18.9 Å². The van der Waals surface area contributed by atoms with Gasteiger partial charge in [-0.2, -0.15) is 0 Å². The molecule has 1 saturated heterocycles. The first-order chi connectivity index (χ1) is 10.5. The maximum atomic E-state index is 12.1. The van der Waals surface area contributed by atoms with Gasteiger partial charge in [0.05, 0.1) is 14.2 Å². The van der Waals surface area contributed by atoms with E-state index in [0.717, 1.165) is 24.5 Å². The largest absolute Gasteiger partial charge is 0.493 e. The van der Waals surface area contributed by atoms with E-state index in [1.54, 1.807) is 20.3 Å². The molecule has 0 amide bonds. The Bertz CT molecular complexity index is 625. The summed E-state index contributed by atoms with van der Waals surface area (Å²) in [5.41, 5.74) is 1.07. The molecule has 3 atom stereocenters. The lowest BCUT2D eigenvalue weighted by atomic mass is 9.66. The third-order valence-electron chi connectivity index (χ3n) is 5.27. The van der Waals surface area contributed by atoms with Gasteiger partial charge in [-0.3, -0.25) is 4.79 Å². The Morgan fingerprint density at radius 2 is 1.95 bits per heavy atom. The standard InChI is InChI=1S/C18H23NO3/c1-12-14(20)7-8-18(9-10-19(2)17(12)18)13-5-6-15(21-3)16(11-13)22-4/h5-8,11-12,17H,9-10H2,1-4H3/t12?,17?,18-/m0/s1. The van der Waals surface area contributed by atoms with Crippen LogP contribution < -0.4 is 9.47 Å². The van der Waals surface area contributed by atoms with Crippen molar-refractivity contribution in [3.05, 3.63) is 35.9 Å². The van der Waals surface area contributed by atoms with Crippen LogP contribution >= 0.6 is 0 Å². The summed E-state index contributed by atoms with van der Waals surface area (Å²) in [5, 5.41) is 0. The fourth-order valence-electron chi connectivity index (χ4n) is 4.13. The number of ketones is 1. The second kappa shape index (κ2) is 5.43. The van der Waals surface area contributed by atoms with Crippen molar-refractivity contribution in [3.8, 4) is 11.5 Å². The first-order valence-electron chi connectivity index (χ1n) is 7.69. The lowest BCUT2D eigenvalue weighted by Gasteiger charge is -2.41. The quantitative estimate of drug-likeness (QED) is 0.859. The first-order valence-corrected chi connectivity index (χ1v) is 7.69. The van der Waals surface area contributed by atoms with E-state index in [2.05, 4.69) is 30.2 Å². The number of hydrogen-bond acceptors (Lipinski definition) is 4. The molecule has 1 aromatic rings. The zero-order chi connectivity index (χ0) is 15.9. The highest BCUT2D eigenvalue weighted by Crippen LogP contribution is 2.48. The molecule has 1 fully saturated rings. The number of benzene rings is 1. The van der Waals surface area contributed by atoms with Gasteiger partial charge < -0.3 is 14.4 Å². The zero-order valence-electron chi connectivity index (χ0n) is 13.6. The van der Waals surface area contributed by atoms with Gasteiger partial charge in [-0.1, -0.05) is 19.1 Å². The first kappa shape index (κ1) is 15.1. The molecule has 22 heavy (non-hydrogen) atoms. The van der Waals surface area contributed by atoms with Gasteiger partial charge in [-0.25, -0.2) is 0 Å². The summed E-state index contributed by atoms with van der Waals surface area (Å²) < 4.78 is 10.8. The monoisotopic (exact) mass is 301 g/mol. The van der Waals surface area contributed by atoms with Crippen molar-refractivity contribution >= 4 is 5.78 Å². The van der Waals surface area contributed by atoms with Crippen LogP contribution in [-0.2, 0) is 10.2 Å². The maximum Gasteiger partial charge on any atom is 0.161 e. The maximum absolute atomic E-state index is 12.1. The van der Waals surface area contributed by atoms with Crippen LogP contribution in [0.3, 0.4) is 0 Å². The highest BCUT2D eigenvalue weighted by atomic mass is 16.5. The number of methoxy groups -OCH3 is 2. The van der Waals surface area contributed by atoms with Crippen LogP contribution in [0.2, 0.25) is 0 Å². The fourth-order valence-corrected chi connectivity index (χ4v) is 4.13. The molecule has 1 aromatic carbocycles. The summed E-state index contributed by atoms with van der Waals surface area (Å²) in [6.45, 7) is 3.02. The molecule has 2 unspecified atom stereocenters. The van der Waals surface area contributed by atoms with E-state index in [4.69, 9.17) is 9.47 Å². The molecule has 1 aliphatic heterocycles. The minimum atomic E-state index is -0.123. The second-order valence-electron chi connectivity index (χ2n) is 6.31. The van der Waals surface area contributed by atoms with Crippen molar-refractivity contribution in [2.24, 2.45) is 5.92 Å². The summed E-state index contributed by atoms with van der Waals surface area (Å²) >= 11 is 0. The summed E-state index contributed by atoms with van der Waals surface area (Å²) in [7, 11) is 5.40. The average molecular weight is 301 g/mol. The molecule has 0 saturated carbocycles. The van der Waals surface area contributed by atoms with Gasteiger partial charge >= 0.3 is 0 Å². The molecule has 1 heterocycles. The minimum Gasteiger partial charge on any atom is -0.493 e. The molecule has 1 aliphatic carbocycles. The third-order valence-corrected chi connectivity index (χ3v) is 5.27. The number of allylic oxidation sites excluding steroid dienone is 1. The molecule has 4 nitrogen and oxygen atoms in total. The number of likely N-dealkylation sites (tertiary alicyclic amines) is 1. The molecule has 118 valence electrons. The third kappa shape index (κ3) is 2.05. The number of rotatable bonds is 3. The van der Waals surface area contributed by atoms with Gasteiger partial charge in [0.1, 0.15) is 0 Å². The average Bonchev–Trinajstić information content (AvgIpc) is 2.89. The Morgan fingerprint density at radius 3 is 2.64 bits per heavy atom. The zero-order valence-corrected chi connectivity index (χ0v) is 13.6. The van der Waals surface area contributed by atoms with Crippen molar-refractivity contribution < 1.29 is 14.3 Å². The van der Waals surface area contributed by atoms with E-state index in [9.17, 15) is 4.79 Å². The van der Waals surface area contributed by atoms with E-state index >= 15 is 0 Å². The highest BCUT2D eigenvalue weighted by molar-refractivity contribution is 5.94. The Labute approximate surface area is 131 Å². The Balaban J connectivity index is 2.12. The SMILES string of the molecule is COc1ccc([C@@]23C=CC(=O)C(C)C2N(C)CC3)cc1OC. The van der Waals surface area contributed by atoms with Crippen molar-refractivity contribution in [2.45, 2.75) is 24.8 Å². The van der Waals surface area contributed by atoms with Crippen LogP contribution in [0.25, 0.3) is 0 Å². The van der Waals surface area contributed by atoms with Gasteiger partial charge in [-0.05, 0) is 43.8 Å². The molecule has 4 heteroatoms. The van der Waals surface area contributed by atoms with Gasteiger partial charge in [0, 0.05) is 17.4 Å². The molecule has 3 rings (SSSR count). The van der Waals surface area contributed by atoms with Crippen molar-refractivity contribution in [3.63, 3.8) is 0 Å². The van der Waals surface area contributed by atoms with E-state index in [-0.39, 0.29) is 23.2 Å². The van der Waals surface area contributed by atoms with Crippen molar-refractivity contribution in [1.29, 1.82) is 0 Å². The van der Waals surface area contributed by atoms with Crippen LogP contribution in [0, 0.1) is 5.92 Å². The van der Waals surface area contributed by atoms with Gasteiger partial charge in [0.25, 0.3) is 0 Å². The molecule has 0 radical (unpaired) electrons. The number of carbonyl (C=O) groups excluding carboxylic acids is 1. The minimum absolute atomic E-state index is 0.00518. The number of carbonyl (C=O) groups is 1.